The Hall–Kier alpha value is -1.72. The van der Waals surface area contributed by atoms with E-state index in [1.807, 2.05) is 0 Å². The molecule has 4 nitrogen and oxygen atoms in total. The van der Waals surface area contributed by atoms with Crippen molar-refractivity contribution in [2.24, 2.45) is 0 Å². The van der Waals surface area contributed by atoms with Crippen LogP contribution in [0.1, 0.15) is 34.8 Å². The van der Waals surface area contributed by atoms with Gasteiger partial charge in [0.2, 0.25) is 0 Å². The fourth-order valence-electron chi connectivity index (χ4n) is 1.32. The van der Waals surface area contributed by atoms with Crippen LogP contribution in [0.4, 0.5) is 8.78 Å². The van der Waals surface area contributed by atoms with E-state index < -0.39 is 23.5 Å². The molecule has 1 heterocycles. The lowest BCUT2D eigenvalue weighted by atomic mass is 10.1. The molecule has 0 aliphatic heterocycles. The Labute approximate surface area is 90.2 Å². The summed E-state index contributed by atoms with van der Waals surface area (Å²) >= 11 is 0. The van der Waals surface area contributed by atoms with Crippen LogP contribution in [0.25, 0.3) is 0 Å². The van der Waals surface area contributed by atoms with E-state index in [2.05, 4.69) is 9.72 Å². The molecular weight excluding hydrogens is 220 g/mol. The van der Waals surface area contributed by atoms with Crippen LogP contribution in [-0.2, 0) is 4.74 Å². The minimum Gasteiger partial charge on any atom is -0.462 e. The Morgan fingerprint density at radius 1 is 1.56 bits per heavy atom. The molecule has 1 aromatic rings. The third kappa shape index (κ3) is 2.26. The molecule has 0 unspecified atom stereocenters. The number of halogens is 2. The van der Waals surface area contributed by atoms with E-state index in [-0.39, 0.29) is 17.7 Å². The summed E-state index contributed by atoms with van der Waals surface area (Å²) in [5.41, 5.74) is -1.67. The highest BCUT2D eigenvalue weighted by molar-refractivity contribution is 5.90. The van der Waals surface area contributed by atoms with Crippen molar-refractivity contribution in [1.82, 2.24) is 4.98 Å². The third-order valence-electron chi connectivity index (χ3n) is 2.11. The van der Waals surface area contributed by atoms with Gasteiger partial charge in [0.05, 0.1) is 17.7 Å². The fraction of sp³-hybridized carbons (Fsp3) is 0.400. The first-order valence-electron chi connectivity index (χ1n) is 4.66. The van der Waals surface area contributed by atoms with Crippen LogP contribution in [-0.4, -0.2) is 17.6 Å². The summed E-state index contributed by atoms with van der Waals surface area (Å²) in [6, 6.07) is 0. The molecular formula is C10H11F2NO3. The number of aromatic nitrogens is 1. The lowest BCUT2D eigenvalue weighted by Crippen LogP contribution is -2.19. The third-order valence-corrected chi connectivity index (χ3v) is 2.11. The second kappa shape index (κ2) is 4.87. The highest BCUT2D eigenvalue weighted by Gasteiger charge is 2.21. The maximum atomic E-state index is 12.5. The summed E-state index contributed by atoms with van der Waals surface area (Å²) in [6.45, 7) is 3.04. The van der Waals surface area contributed by atoms with Gasteiger partial charge in [-0.25, -0.2) is 13.6 Å². The van der Waals surface area contributed by atoms with E-state index in [1.165, 1.54) is 6.92 Å². The van der Waals surface area contributed by atoms with E-state index in [9.17, 15) is 18.4 Å². The van der Waals surface area contributed by atoms with Crippen molar-refractivity contribution in [2.75, 3.05) is 6.61 Å². The number of H-pyrrole nitrogens is 1. The lowest BCUT2D eigenvalue weighted by Gasteiger charge is -2.08. The Kier molecular flexibility index (Phi) is 3.76. The Bertz CT molecular complexity index is 454. The molecule has 0 bridgehead atoms. The maximum absolute atomic E-state index is 12.5. The number of hydrogen-bond donors (Lipinski definition) is 1. The van der Waals surface area contributed by atoms with E-state index in [4.69, 9.17) is 0 Å². The van der Waals surface area contributed by atoms with E-state index in [1.54, 1.807) is 6.92 Å². The van der Waals surface area contributed by atoms with Crippen LogP contribution in [0.3, 0.4) is 0 Å². The smallest absolute Gasteiger partial charge is 0.339 e. The highest BCUT2D eigenvalue weighted by atomic mass is 19.3. The first kappa shape index (κ1) is 12.4. The molecule has 0 aromatic carbocycles. The molecule has 0 aliphatic rings. The van der Waals surface area contributed by atoms with Crippen molar-refractivity contribution in [1.29, 1.82) is 0 Å². The van der Waals surface area contributed by atoms with E-state index in [0.29, 0.717) is 0 Å². The van der Waals surface area contributed by atoms with Gasteiger partial charge in [-0.3, -0.25) is 4.79 Å². The van der Waals surface area contributed by atoms with Crippen molar-refractivity contribution < 1.29 is 18.3 Å². The van der Waals surface area contributed by atoms with Crippen LogP contribution in [0.15, 0.2) is 11.0 Å². The summed E-state index contributed by atoms with van der Waals surface area (Å²) in [6.07, 6.45) is -1.83. The van der Waals surface area contributed by atoms with Gasteiger partial charge >= 0.3 is 5.97 Å². The Morgan fingerprint density at radius 2 is 2.19 bits per heavy atom. The Balaban J connectivity index is 3.29. The van der Waals surface area contributed by atoms with E-state index >= 15 is 0 Å². The Morgan fingerprint density at radius 3 is 2.69 bits per heavy atom. The van der Waals surface area contributed by atoms with Gasteiger partial charge in [0, 0.05) is 6.20 Å². The number of pyridine rings is 1. The molecule has 16 heavy (non-hydrogen) atoms. The molecule has 1 rings (SSSR count). The molecule has 1 N–H and O–H groups in total. The number of carbonyl (C=O) groups is 1. The number of ether oxygens (including phenoxy) is 1. The van der Waals surface area contributed by atoms with Gasteiger partial charge in [-0.05, 0) is 19.4 Å². The summed E-state index contributed by atoms with van der Waals surface area (Å²) in [5.74, 6) is -0.724. The second-order valence-electron chi connectivity index (χ2n) is 3.09. The zero-order valence-corrected chi connectivity index (χ0v) is 8.84. The fourth-order valence-corrected chi connectivity index (χ4v) is 1.32. The molecule has 6 heteroatoms. The molecule has 0 fully saturated rings. The van der Waals surface area contributed by atoms with Crippen LogP contribution in [0.5, 0.6) is 0 Å². The van der Waals surface area contributed by atoms with Gasteiger partial charge in [0.25, 0.3) is 12.0 Å². The quantitative estimate of drug-likeness (QED) is 0.807. The first-order valence-corrected chi connectivity index (χ1v) is 4.66. The predicted molar refractivity (Wildman–Crippen MR) is 52.7 cm³/mol. The summed E-state index contributed by atoms with van der Waals surface area (Å²) < 4.78 is 29.8. The molecule has 0 aliphatic carbocycles. The second-order valence-corrected chi connectivity index (χ2v) is 3.09. The van der Waals surface area contributed by atoms with Gasteiger partial charge in [0.1, 0.15) is 0 Å². The molecule has 0 radical (unpaired) electrons. The van der Waals surface area contributed by atoms with Gasteiger partial charge in [-0.1, -0.05) is 0 Å². The van der Waals surface area contributed by atoms with Gasteiger partial charge in [-0.2, -0.15) is 0 Å². The zero-order chi connectivity index (χ0) is 12.3. The van der Waals surface area contributed by atoms with Gasteiger partial charge < -0.3 is 9.72 Å². The number of alkyl halides is 2. The van der Waals surface area contributed by atoms with Crippen LogP contribution in [0.2, 0.25) is 0 Å². The van der Waals surface area contributed by atoms with Crippen molar-refractivity contribution in [3.05, 3.63) is 33.2 Å². The number of rotatable bonds is 3. The number of aromatic amines is 1. The van der Waals surface area contributed by atoms with E-state index in [0.717, 1.165) is 6.20 Å². The van der Waals surface area contributed by atoms with Crippen molar-refractivity contribution in [3.63, 3.8) is 0 Å². The number of hydrogen-bond acceptors (Lipinski definition) is 3. The average Bonchev–Trinajstić information content (AvgIpc) is 2.17. The van der Waals surface area contributed by atoms with Crippen molar-refractivity contribution in [3.8, 4) is 0 Å². The van der Waals surface area contributed by atoms with Crippen LogP contribution < -0.4 is 5.56 Å². The minimum absolute atomic E-state index is 0.0443. The van der Waals surface area contributed by atoms with Crippen molar-refractivity contribution in [2.45, 2.75) is 20.3 Å². The highest BCUT2D eigenvalue weighted by Crippen LogP contribution is 2.21. The SMILES string of the molecule is CCOC(=O)c1c[nH]c(=O)c(C(F)F)c1C. The predicted octanol–water partition coefficient (Wildman–Crippen LogP) is 1.80. The zero-order valence-electron chi connectivity index (χ0n) is 8.84. The molecule has 0 atom stereocenters. The van der Waals surface area contributed by atoms with Crippen molar-refractivity contribution >= 4 is 5.97 Å². The van der Waals surface area contributed by atoms with Crippen LogP contribution >= 0.6 is 0 Å². The molecule has 0 amide bonds. The van der Waals surface area contributed by atoms with Gasteiger partial charge in [-0.15, -0.1) is 0 Å². The molecule has 88 valence electrons. The monoisotopic (exact) mass is 231 g/mol. The largest absolute Gasteiger partial charge is 0.462 e. The summed E-state index contributed by atoms with van der Waals surface area (Å²) in [4.78, 5) is 24.6. The molecule has 0 spiro atoms. The van der Waals surface area contributed by atoms with Gasteiger partial charge in [0.15, 0.2) is 0 Å². The standard InChI is InChI=1S/C10H11F2NO3/c1-3-16-10(15)6-4-13-9(14)7(5(6)2)8(11)12/h4,8H,3H2,1-2H3,(H,13,14). The normalized spacial score (nSPS) is 10.6. The lowest BCUT2D eigenvalue weighted by molar-refractivity contribution is 0.0524. The summed E-state index contributed by atoms with van der Waals surface area (Å²) in [7, 11) is 0. The minimum atomic E-state index is -2.92. The topological polar surface area (TPSA) is 59.2 Å². The number of esters is 1. The molecule has 0 saturated carbocycles. The molecule has 0 saturated heterocycles. The van der Waals surface area contributed by atoms with Crippen LogP contribution in [0, 0.1) is 6.92 Å². The number of nitrogens with one attached hydrogen (secondary N) is 1. The first-order chi connectivity index (χ1) is 7.49. The average molecular weight is 231 g/mol. The molecule has 1 aromatic heterocycles. The maximum Gasteiger partial charge on any atom is 0.339 e. The summed E-state index contributed by atoms with van der Waals surface area (Å²) in [5, 5.41) is 0. The number of carbonyl (C=O) groups excluding carboxylic acids is 1.